The van der Waals surface area contributed by atoms with Crippen LogP contribution < -0.4 is 25.1 Å². The van der Waals surface area contributed by atoms with Crippen molar-refractivity contribution >= 4 is 5.91 Å². The van der Waals surface area contributed by atoms with Gasteiger partial charge in [0.05, 0.1) is 19.4 Å². The van der Waals surface area contributed by atoms with Crippen molar-refractivity contribution < 1.29 is 19.0 Å². The summed E-state index contributed by atoms with van der Waals surface area (Å²) in [4.78, 5) is 24.9. The first-order chi connectivity index (χ1) is 15.8. The van der Waals surface area contributed by atoms with E-state index in [0.29, 0.717) is 30.3 Å². The Morgan fingerprint density at radius 1 is 1.06 bits per heavy atom. The van der Waals surface area contributed by atoms with E-state index in [0.717, 1.165) is 16.7 Å². The highest BCUT2D eigenvalue weighted by Crippen LogP contribution is 2.28. The molecule has 0 saturated heterocycles. The lowest BCUT2D eigenvalue weighted by Gasteiger charge is -2.16. The molecule has 0 bridgehead atoms. The number of ether oxygens (including phenoxy) is 3. The molecule has 8 heteroatoms. The van der Waals surface area contributed by atoms with Gasteiger partial charge in [-0.05, 0) is 68.7 Å². The number of nitrogens with one attached hydrogen (secondary N) is 1. The first-order valence-corrected chi connectivity index (χ1v) is 10.7. The van der Waals surface area contributed by atoms with Gasteiger partial charge < -0.3 is 19.5 Å². The van der Waals surface area contributed by atoms with Crippen molar-refractivity contribution in [2.75, 3.05) is 13.7 Å². The number of hydrogen-bond acceptors (Lipinski definition) is 6. The zero-order chi connectivity index (χ0) is 24.0. The van der Waals surface area contributed by atoms with Gasteiger partial charge in [-0.25, -0.2) is 0 Å². The van der Waals surface area contributed by atoms with Gasteiger partial charge in [0.25, 0.3) is 11.5 Å². The molecule has 1 heterocycles. The van der Waals surface area contributed by atoms with Crippen molar-refractivity contribution in [2.24, 2.45) is 0 Å². The van der Waals surface area contributed by atoms with Gasteiger partial charge >= 0.3 is 0 Å². The van der Waals surface area contributed by atoms with Crippen LogP contribution in [-0.2, 0) is 11.3 Å². The van der Waals surface area contributed by atoms with Crippen molar-refractivity contribution in [2.45, 2.75) is 40.3 Å². The van der Waals surface area contributed by atoms with Crippen LogP contribution in [0.3, 0.4) is 0 Å². The molecule has 0 aliphatic heterocycles. The number of methoxy groups -OCH3 is 1. The molecule has 3 rings (SSSR count). The average Bonchev–Trinajstić information content (AvgIpc) is 2.81. The number of benzene rings is 2. The zero-order valence-corrected chi connectivity index (χ0v) is 19.5. The molecule has 0 radical (unpaired) electrons. The standard InChI is InChI=1S/C25H29N3O5/c1-6-32-21-10-8-19(14-22(21)31-5)15-26-25(30)18(4)33-23-11-12-24(29)28(27-23)20-9-7-16(2)17(3)13-20/h7-14,18H,6,15H2,1-5H3,(H,26,30)/t18-/m0/s1. The van der Waals surface area contributed by atoms with Crippen molar-refractivity contribution in [1.29, 1.82) is 0 Å². The van der Waals surface area contributed by atoms with Crippen LogP contribution in [0.1, 0.15) is 30.5 Å². The number of aryl methyl sites for hydroxylation is 2. The largest absolute Gasteiger partial charge is 0.493 e. The third kappa shape index (κ3) is 5.91. The lowest BCUT2D eigenvalue weighted by atomic mass is 10.1. The molecule has 1 amide bonds. The first-order valence-electron chi connectivity index (χ1n) is 10.7. The highest BCUT2D eigenvalue weighted by molar-refractivity contribution is 5.80. The normalized spacial score (nSPS) is 11.5. The maximum atomic E-state index is 12.6. The Kier molecular flexibility index (Phi) is 7.71. The van der Waals surface area contributed by atoms with Crippen LogP contribution >= 0.6 is 0 Å². The Morgan fingerprint density at radius 3 is 2.55 bits per heavy atom. The number of amides is 1. The maximum Gasteiger partial charge on any atom is 0.271 e. The summed E-state index contributed by atoms with van der Waals surface area (Å²) in [7, 11) is 1.57. The van der Waals surface area contributed by atoms with Crippen LogP contribution in [0, 0.1) is 13.8 Å². The van der Waals surface area contributed by atoms with Crippen LogP contribution in [0.5, 0.6) is 17.4 Å². The Bertz CT molecular complexity index is 1190. The quantitative estimate of drug-likeness (QED) is 0.537. The topological polar surface area (TPSA) is 91.7 Å². The minimum atomic E-state index is -0.812. The van der Waals surface area contributed by atoms with Gasteiger partial charge in [0, 0.05) is 18.7 Å². The highest BCUT2D eigenvalue weighted by atomic mass is 16.5. The smallest absolute Gasteiger partial charge is 0.271 e. The summed E-state index contributed by atoms with van der Waals surface area (Å²) in [5, 5.41) is 7.11. The van der Waals surface area contributed by atoms with Gasteiger partial charge in [0.15, 0.2) is 17.6 Å². The molecule has 0 aliphatic carbocycles. The van der Waals surface area contributed by atoms with Gasteiger partial charge in [-0.15, -0.1) is 5.10 Å². The number of carbonyl (C=O) groups is 1. The average molecular weight is 452 g/mol. The van der Waals surface area contributed by atoms with E-state index in [1.807, 2.05) is 57.2 Å². The molecule has 174 valence electrons. The second-order valence-electron chi connectivity index (χ2n) is 7.59. The van der Waals surface area contributed by atoms with Crippen LogP contribution in [-0.4, -0.2) is 35.5 Å². The van der Waals surface area contributed by atoms with Crippen LogP contribution in [0.25, 0.3) is 5.69 Å². The van der Waals surface area contributed by atoms with E-state index in [-0.39, 0.29) is 17.3 Å². The molecule has 0 saturated carbocycles. The van der Waals surface area contributed by atoms with E-state index in [1.54, 1.807) is 14.0 Å². The van der Waals surface area contributed by atoms with Gasteiger partial charge in [-0.1, -0.05) is 12.1 Å². The number of aromatic nitrogens is 2. The molecule has 0 unspecified atom stereocenters. The minimum absolute atomic E-state index is 0.179. The fourth-order valence-electron chi connectivity index (χ4n) is 3.16. The minimum Gasteiger partial charge on any atom is -0.493 e. The molecular formula is C25H29N3O5. The molecule has 0 spiro atoms. The van der Waals surface area contributed by atoms with E-state index in [1.165, 1.54) is 16.8 Å². The highest BCUT2D eigenvalue weighted by Gasteiger charge is 2.16. The molecule has 8 nitrogen and oxygen atoms in total. The Balaban J connectivity index is 1.66. The summed E-state index contributed by atoms with van der Waals surface area (Å²) < 4.78 is 17.8. The predicted octanol–water partition coefficient (Wildman–Crippen LogP) is 3.34. The van der Waals surface area contributed by atoms with Crippen molar-refractivity contribution in [3.8, 4) is 23.1 Å². The lowest BCUT2D eigenvalue weighted by Crippen LogP contribution is -2.36. The predicted molar refractivity (Wildman–Crippen MR) is 125 cm³/mol. The molecule has 1 N–H and O–H groups in total. The van der Waals surface area contributed by atoms with E-state index >= 15 is 0 Å². The molecule has 0 fully saturated rings. The number of nitrogens with zero attached hydrogens (tertiary/aromatic N) is 2. The third-order valence-electron chi connectivity index (χ3n) is 5.17. The van der Waals surface area contributed by atoms with Crippen LogP contribution in [0.4, 0.5) is 0 Å². The van der Waals surface area contributed by atoms with Crippen molar-refractivity contribution in [1.82, 2.24) is 15.1 Å². The summed E-state index contributed by atoms with van der Waals surface area (Å²) in [6, 6.07) is 14.0. The van der Waals surface area contributed by atoms with Gasteiger partial charge in [-0.3, -0.25) is 9.59 Å². The molecule has 1 aromatic heterocycles. The molecular weight excluding hydrogens is 422 g/mol. The first kappa shape index (κ1) is 23.8. The second-order valence-corrected chi connectivity index (χ2v) is 7.59. The van der Waals surface area contributed by atoms with E-state index in [9.17, 15) is 9.59 Å². The van der Waals surface area contributed by atoms with Crippen molar-refractivity contribution in [3.05, 3.63) is 75.6 Å². The fourth-order valence-corrected chi connectivity index (χ4v) is 3.16. The second kappa shape index (κ2) is 10.7. The Morgan fingerprint density at radius 2 is 1.85 bits per heavy atom. The van der Waals surface area contributed by atoms with E-state index < -0.39 is 6.10 Å². The summed E-state index contributed by atoms with van der Waals surface area (Å²) >= 11 is 0. The fraction of sp³-hybridized carbons (Fsp3) is 0.320. The molecule has 33 heavy (non-hydrogen) atoms. The van der Waals surface area contributed by atoms with E-state index in [4.69, 9.17) is 14.2 Å². The Hall–Kier alpha value is -3.81. The molecule has 3 aromatic rings. The van der Waals surface area contributed by atoms with Gasteiger partial charge in [-0.2, -0.15) is 4.68 Å². The summed E-state index contributed by atoms with van der Waals surface area (Å²) in [5.74, 6) is 1.12. The van der Waals surface area contributed by atoms with Gasteiger partial charge in [0.1, 0.15) is 0 Å². The Labute approximate surface area is 193 Å². The maximum absolute atomic E-state index is 12.6. The number of rotatable bonds is 9. The monoisotopic (exact) mass is 451 g/mol. The SMILES string of the molecule is CCOc1ccc(CNC(=O)[C@H](C)Oc2ccc(=O)n(-c3ccc(C)c(C)c3)n2)cc1OC. The van der Waals surface area contributed by atoms with Crippen molar-refractivity contribution in [3.63, 3.8) is 0 Å². The third-order valence-corrected chi connectivity index (χ3v) is 5.17. The molecule has 2 aromatic carbocycles. The number of hydrogen-bond donors (Lipinski definition) is 1. The van der Waals surface area contributed by atoms with Gasteiger partial charge in [0.2, 0.25) is 5.88 Å². The lowest BCUT2D eigenvalue weighted by molar-refractivity contribution is -0.127. The summed E-state index contributed by atoms with van der Waals surface area (Å²) in [6.45, 7) is 8.32. The zero-order valence-electron chi connectivity index (χ0n) is 19.5. The molecule has 0 aliphatic rings. The van der Waals surface area contributed by atoms with Crippen LogP contribution in [0.15, 0.2) is 53.3 Å². The van der Waals surface area contributed by atoms with Crippen LogP contribution in [0.2, 0.25) is 0 Å². The van der Waals surface area contributed by atoms with E-state index in [2.05, 4.69) is 10.4 Å². The molecule has 1 atom stereocenters. The number of carbonyl (C=O) groups excluding carboxylic acids is 1. The summed E-state index contributed by atoms with van der Waals surface area (Å²) in [5.41, 5.74) is 3.38. The summed E-state index contributed by atoms with van der Waals surface area (Å²) in [6.07, 6.45) is -0.812.